The Morgan fingerprint density at radius 2 is 1.93 bits per heavy atom. The summed E-state index contributed by atoms with van der Waals surface area (Å²) in [6.07, 6.45) is 1.20. The first-order valence-corrected chi connectivity index (χ1v) is 9.40. The van der Waals surface area contributed by atoms with Gasteiger partial charge >= 0.3 is 5.97 Å². The average Bonchev–Trinajstić information content (AvgIpc) is 3.13. The van der Waals surface area contributed by atoms with Crippen LogP contribution >= 0.6 is 0 Å². The third-order valence-electron chi connectivity index (χ3n) is 4.31. The molecule has 0 amide bonds. The van der Waals surface area contributed by atoms with E-state index in [-0.39, 0.29) is 19.2 Å². The summed E-state index contributed by atoms with van der Waals surface area (Å²) in [7, 11) is 0. The van der Waals surface area contributed by atoms with Gasteiger partial charge in [0, 0.05) is 35.2 Å². The zero-order chi connectivity index (χ0) is 19.9. The Bertz CT molecular complexity index is 905. The molecule has 6 nitrogen and oxygen atoms in total. The van der Waals surface area contributed by atoms with Crippen molar-refractivity contribution in [1.82, 2.24) is 10.3 Å². The normalized spacial score (nSPS) is 12.3. The van der Waals surface area contributed by atoms with Gasteiger partial charge in [0.2, 0.25) is 0 Å². The highest BCUT2D eigenvalue weighted by Crippen LogP contribution is 2.29. The van der Waals surface area contributed by atoms with Crippen molar-refractivity contribution in [3.63, 3.8) is 0 Å². The highest BCUT2D eigenvalue weighted by atomic mass is 16.5. The molecule has 0 radical (unpaired) electrons. The molecule has 1 unspecified atom stereocenters. The first kappa shape index (κ1) is 19.9. The van der Waals surface area contributed by atoms with Crippen LogP contribution in [0.15, 0.2) is 54.7 Å². The van der Waals surface area contributed by atoms with Gasteiger partial charge < -0.3 is 24.9 Å². The fourth-order valence-electron chi connectivity index (χ4n) is 2.87. The minimum absolute atomic E-state index is 0.131. The molecule has 148 valence electrons. The van der Waals surface area contributed by atoms with Crippen molar-refractivity contribution in [2.75, 3.05) is 13.2 Å². The summed E-state index contributed by atoms with van der Waals surface area (Å²) in [5, 5.41) is 14.1. The van der Waals surface area contributed by atoms with E-state index in [0.29, 0.717) is 23.9 Å². The number of esters is 1. The Morgan fingerprint density at radius 3 is 2.68 bits per heavy atom. The van der Waals surface area contributed by atoms with Crippen LogP contribution < -0.4 is 10.1 Å². The van der Waals surface area contributed by atoms with E-state index in [1.165, 1.54) is 0 Å². The number of fused-ring (bicyclic) bond motifs is 1. The molecule has 28 heavy (non-hydrogen) atoms. The van der Waals surface area contributed by atoms with Crippen LogP contribution in [0.1, 0.15) is 29.8 Å². The van der Waals surface area contributed by atoms with Crippen molar-refractivity contribution in [3.05, 3.63) is 65.9 Å². The minimum atomic E-state index is -0.615. The van der Waals surface area contributed by atoms with Gasteiger partial charge in [-0.25, -0.2) is 4.79 Å². The number of carbonyl (C=O) groups is 1. The number of aliphatic hydroxyl groups excluding tert-OH is 1. The maximum atomic E-state index is 12.2. The van der Waals surface area contributed by atoms with Gasteiger partial charge in [-0.2, -0.15) is 0 Å². The summed E-state index contributed by atoms with van der Waals surface area (Å²) in [5.41, 5.74) is 2.22. The standard InChI is InChI=1S/C22H26N2O4/c1-15(2)23-12-18(25)14-27-20-10-6-9-19-21(20)17(11-24-19)13-28-22(26)16-7-4-3-5-8-16/h3-11,15,18,23-25H,12-14H2,1-2H3. The first-order chi connectivity index (χ1) is 13.5. The van der Waals surface area contributed by atoms with Crippen LogP contribution in [0.4, 0.5) is 0 Å². The number of aromatic nitrogens is 1. The van der Waals surface area contributed by atoms with Gasteiger partial charge in [0.05, 0.1) is 5.56 Å². The number of aromatic amines is 1. The summed E-state index contributed by atoms with van der Waals surface area (Å²) in [6, 6.07) is 14.9. The van der Waals surface area contributed by atoms with E-state index < -0.39 is 6.10 Å². The van der Waals surface area contributed by atoms with E-state index >= 15 is 0 Å². The summed E-state index contributed by atoms with van der Waals surface area (Å²) in [6.45, 7) is 4.81. The number of benzene rings is 2. The van der Waals surface area contributed by atoms with Crippen LogP contribution in [0.3, 0.4) is 0 Å². The number of aliphatic hydroxyl groups is 1. The van der Waals surface area contributed by atoms with Crippen molar-refractivity contribution in [2.45, 2.75) is 32.6 Å². The predicted molar refractivity (Wildman–Crippen MR) is 109 cm³/mol. The minimum Gasteiger partial charge on any atom is -0.490 e. The molecule has 1 heterocycles. The second-order valence-corrected chi connectivity index (χ2v) is 6.96. The van der Waals surface area contributed by atoms with E-state index in [4.69, 9.17) is 9.47 Å². The molecule has 0 fully saturated rings. The smallest absolute Gasteiger partial charge is 0.338 e. The third kappa shape index (κ3) is 5.12. The van der Waals surface area contributed by atoms with E-state index in [1.54, 1.807) is 24.3 Å². The molecule has 1 atom stereocenters. The highest BCUT2D eigenvalue weighted by Gasteiger charge is 2.14. The topological polar surface area (TPSA) is 83.6 Å². The number of rotatable bonds is 9. The van der Waals surface area contributed by atoms with Crippen LogP contribution in [0.5, 0.6) is 5.75 Å². The molecule has 3 rings (SSSR count). The second kappa shape index (κ2) is 9.39. The molecule has 3 aromatic rings. The van der Waals surface area contributed by atoms with Crippen LogP contribution in [0, 0.1) is 0 Å². The largest absolute Gasteiger partial charge is 0.490 e. The van der Waals surface area contributed by atoms with Crippen molar-refractivity contribution in [3.8, 4) is 5.75 Å². The van der Waals surface area contributed by atoms with Gasteiger partial charge in [-0.1, -0.05) is 38.1 Å². The lowest BCUT2D eigenvalue weighted by Crippen LogP contribution is -2.35. The second-order valence-electron chi connectivity index (χ2n) is 6.96. The molecule has 6 heteroatoms. The summed E-state index contributed by atoms with van der Waals surface area (Å²) < 4.78 is 11.3. The molecular weight excluding hydrogens is 356 g/mol. The lowest BCUT2D eigenvalue weighted by atomic mass is 10.1. The third-order valence-corrected chi connectivity index (χ3v) is 4.31. The SMILES string of the molecule is CC(C)NCC(O)COc1cccc2[nH]cc(COC(=O)c3ccccc3)c12. The zero-order valence-electron chi connectivity index (χ0n) is 16.1. The Hall–Kier alpha value is -2.83. The Morgan fingerprint density at radius 1 is 1.14 bits per heavy atom. The lowest BCUT2D eigenvalue weighted by molar-refractivity contribution is 0.0474. The lowest BCUT2D eigenvalue weighted by Gasteiger charge is -2.16. The van der Waals surface area contributed by atoms with E-state index in [2.05, 4.69) is 10.3 Å². The molecule has 2 aromatic carbocycles. The van der Waals surface area contributed by atoms with E-state index in [0.717, 1.165) is 16.5 Å². The summed E-state index contributed by atoms with van der Waals surface area (Å²) in [5.74, 6) is 0.275. The molecule has 0 bridgehead atoms. The van der Waals surface area contributed by atoms with Crippen molar-refractivity contribution in [2.24, 2.45) is 0 Å². The van der Waals surface area contributed by atoms with Crippen LogP contribution in [0.2, 0.25) is 0 Å². The Balaban J connectivity index is 1.68. The van der Waals surface area contributed by atoms with Gasteiger partial charge in [-0.15, -0.1) is 0 Å². The molecule has 0 saturated carbocycles. The van der Waals surface area contributed by atoms with Crippen molar-refractivity contribution < 1.29 is 19.4 Å². The summed E-state index contributed by atoms with van der Waals surface area (Å²) in [4.78, 5) is 15.4. The molecule has 0 aliphatic carbocycles. The maximum absolute atomic E-state index is 12.2. The fourth-order valence-corrected chi connectivity index (χ4v) is 2.87. The number of nitrogens with one attached hydrogen (secondary N) is 2. The van der Waals surface area contributed by atoms with Gasteiger partial charge in [-0.05, 0) is 24.3 Å². The van der Waals surface area contributed by atoms with Crippen molar-refractivity contribution in [1.29, 1.82) is 0 Å². The Kier molecular flexibility index (Phi) is 6.68. The number of hydrogen-bond donors (Lipinski definition) is 3. The molecule has 0 saturated heterocycles. The molecule has 3 N–H and O–H groups in total. The number of ether oxygens (including phenoxy) is 2. The van der Waals surface area contributed by atoms with Gasteiger partial charge in [0.15, 0.2) is 0 Å². The van der Waals surface area contributed by atoms with Crippen LogP contribution in [-0.4, -0.2) is 41.4 Å². The predicted octanol–water partition coefficient (Wildman–Crippen LogP) is 3.26. The fraction of sp³-hybridized carbons (Fsp3) is 0.318. The van der Waals surface area contributed by atoms with E-state index in [1.807, 2.05) is 44.3 Å². The van der Waals surface area contributed by atoms with Gasteiger partial charge in [-0.3, -0.25) is 0 Å². The molecule has 1 aromatic heterocycles. The highest BCUT2D eigenvalue weighted by molar-refractivity contribution is 5.91. The number of carbonyl (C=O) groups excluding carboxylic acids is 1. The molecule has 0 spiro atoms. The number of hydrogen-bond acceptors (Lipinski definition) is 5. The molecule has 0 aliphatic rings. The monoisotopic (exact) mass is 382 g/mol. The Labute approximate surface area is 164 Å². The molecule has 0 aliphatic heterocycles. The van der Waals surface area contributed by atoms with Crippen LogP contribution in [-0.2, 0) is 11.3 Å². The maximum Gasteiger partial charge on any atom is 0.338 e. The van der Waals surface area contributed by atoms with E-state index in [9.17, 15) is 9.90 Å². The van der Waals surface area contributed by atoms with Crippen molar-refractivity contribution >= 4 is 16.9 Å². The quantitative estimate of drug-likeness (QED) is 0.495. The zero-order valence-corrected chi connectivity index (χ0v) is 16.1. The summed E-state index contributed by atoms with van der Waals surface area (Å²) >= 11 is 0. The average molecular weight is 382 g/mol. The van der Waals surface area contributed by atoms with Crippen LogP contribution in [0.25, 0.3) is 10.9 Å². The molecular formula is C22H26N2O4. The van der Waals surface area contributed by atoms with Gasteiger partial charge in [0.1, 0.15) is 25.1 Å². The first-order valence-electron chi connectivity index (χ1n) is 9.40. The number of H-pyrrole nitrogens is 1. The van der Waals surface area contributed by atoms with Gasteiger partial charge in [0.25, 0.3) is 0 Å².